The number of ether oxygens (including phenoxy) is 1. The number of aryl methyl sites for hydroxylation is 3. The summed E-state index contributed by atoms with van der Waals surface area (Å²) in [6.07, 6.45) is 0. The zero-order valence-electron chi connectivity index (χ0n) is 13.3. The number of hydrogen-bond donors (Lipinski definition) is 1. The number of rotatable bonds is 4. The van der Waals surface area contributed by atoms with Crippen molar-refractivity contribution in [2.24, 2.45) is 0 Å². The highest BCUT2D eigenvalue weighted by Gasteiger charge is 2.18. The minimum absolute atomic E-state index is 0.105. The molecule has 0 saturated carbocycles. The Morgan fingerprint density at radius 3 is 2.57 bits per heavy atom. The lowest BCUT2D eigenvalue weighted by Crippen LogP contribution is -2.18. The van der Waals surface area contributed by atoms with E-state index in [-0.39, 0.29) is 5.91 Å². The standard InChI is InChI=1S/C17H22N2O2/c1-6-19-13(4)10-12(3)16(19)17(20)18-14-9-11(2)7-8-15(14)21-5/h7-10H,6H2,1-5H3,(H,18,20). The van der Waals surface area contributed by atoms with Crippen LogP contribution in [0.3, 0.4) is 0 Å². The molecule has 0 saturated heterocycles. The van der Waals surface area contributed by atoms with Crippen LogP contribution in [0.5, 0.6) is 5.75 Å². The van der Waals surface area contributed by atoms with Gasteiger partial charge >= 0.3 is 0 Å². The summed E-state index contributed by atoms with van der Waals surface area (Å²) >= 11 is 0. The van der Waals surface area contributed by atoms with Crippen LogP contribution in [-0.4, -0.2) is 17.6 Å². The van der Waals surface area contributed by atoms with Crippen molar-refractivity contribution in [3.05, 3.63) is 46.8 Å². The number of carbonyl (C=O) groups excluding carboxylic acids is 1. The van der Waals surface area contributed by atoms with Gasteiger partial charge in [0, 0.05) is 12.2 Å². The smallest absolute Gasteiger partial charge is 0.272 e. The number of amides is 1. The molecule has 1 aromatic carbocycles. The number of aromatic nitrogens is 1. The van der Waals surface area contributed by atoms with Crippen LogP contribution in [0, 0.1) is 20.8 Å². The van der Waals surface area contributed by atoms with E-state index in [4.69, 9.17) is 4.74 Å². The second-order valence-electron chi connectivity index (χ2n) is 5.22. The molecule has 4 heteroatoms. The summed E-state index contributed by atoms with van der Waals surface area (Å²) in [7, 11) is 1.60. The Hall–Kier alpha value is -2.23. The second kappa shape index (κ2) is 6.04. The number of anilines is 1. The fourth-order valence-corrected chi connectivity index (χ4v) is 2.66. The minimum atomic E-state index is -0.105. The van der Waals surface area contributed by atoms with Crippen molar-refractivity contribution in [3.63, 3.8) is 0 Å². The van der Waals surface area contributed by atoms with Crippen LogP contribution in [0.2, 0.25) is 0 Å². The van der Waals surface area contributed by atoms with Gasteiger partial charge in [-0.05, 0) is 57.0 Å². The molecule has 1 aromatic heterocycles. The zero-order chi connectivity index (χ0) is 15.6. The number of nitrogens with one attached hydrogen (secondary N) is 1. The molecule has 0 radical (unpaired) electrons. The molecular formula is C17H22N2O2. The summed E-state index contributed by atoms with van der Waals surface area (Å²) in [6.45, 7) is 8.77. The summed E-state index contributed by atoms with van der Waals surface area (Å²) < 4.78 is 7.33. The van der Waals surface area contributed by atoms with Crippen LogP contribution in [-0.2, 0) is 6.54 Å². The second-order valence-corrected chi connectivity index (χ2v) is 5.22. The number of methoxy groups -OCH3 is 1. The fraction of sp³-hybridized carbons (Fsp3) is 0.353. The van der Waals surface area contributed by atoms with E-state index in [9.17, 15) is 4.79 Å². The molecule has 1 N–H and O–H groups in total. The van der Waals surface area contributed by atoms with Gasteiger partial charge in [-0.3, -0.25) is 4.79 Å². The van der Waals surface area contributed by atoms with Crippen molar-refractivity contribution >= 4 is 11.6 Å². The topological polar surface area (TPSA) is 43.3 Å². The highest BCUT2D eigenvalue weighted by molar-refractivity contribution is 6.05. The van der Waals surface area contributed by atoms with Gasteiger partial charge in [0.05, 0.1) is 12.8 Å². The number of hydrogen-bond acceptors (Lipinski definition) is 2. The number of carbonyl (C=O) groups is 1. The van der Waals surface area contributed by atoms with E-state index in [1.165, 1.54) is 0 Å². The molecular weight excluding hydrogens is 264 g/mol. The molecule has 1 heterocycles. The SMILES string of the molecule is CCn1c(C)cc(C)c1C(=O)Nc1cc(C)ccc1OC. The van der Waals surface area contributed by atoms with E-state index in [1.54, 1.807) is 7.11 Å². The van der Waals surface area contributed by atoms with E-state index < -0.39 is 0 Å². The Morgan fingerprint density at radius 1 is 1.24 bits per heavy atom. The van der Waals surface area contributed by atoms with E-state index in [0.717, 1.165) is 23.4 Å². The van der Waals surface area contributed by atoms with Gasteiger partial charge in [-0.25, -0.2) is 0 Å². The van der Waals surface area contributed by atoms with Crippen LogP contribution in [0.25, 0.3) is 0 Å². The van der Waals surface area contributed by atoms with Gasteiger partial charge in [0.2, 0.25) is 0 Å². The van der Waals surface area contributed by atoms with Gasteiger partial charge in [-0.1, -0.05) is 6.07 Å². The molecule has 0 aliphatic heterocycles. The highest BCUT2D eigenvalue weighted by atomic mass is 16.5. The first-order chi connectivity index (χ1) is 9.97. The van der Waals surface area contributed by atoms with Crippen molar-refractivity contribution < 1.29 is 9.53 Å². The van der Waals surface area contributed by atoms with Gasteiger partial charge in [0.1, 0.15) is 11.4 Å². The molecule has 0 spiro atoms. The molecule has 0 aliphatic rings. The Labute approximate surface area is 125 Å². The van der Waals surface area contributed by atoms with E-state index in [0.29, 0.717) is 17.1 Å². The minimum Gasteiger partial charge on any atom is -0.495 e. The molecule has 2 aromatic rings. The molecule has 4 nitrogen and oxygen atoms in total. The molecule has 0 atom stereocenters. The Morgan fingerprint density at radius 2 is 1.95 bits per heavy atom. The van der Waals surface area contributed by atoms with Crippen molar-refractivity contribution in [1.29, 1.82) is 0 Å². The molecule has 1 amide bonds. The Bertz CT molecular complexity index is 672. The van der Waals surface area contributed by atoms with Crippen molar-refractivity contribution in [2.75, 3.05) is 12.4 Å². The summed E-state index contributed by atoms with van der Waals surface area (Å²) in [5.41, 5.74) is 4.56. The maximum absolute atomic E-state index is 12.6. The molecule has 112 valence electrons. The van der Waals surface area contributed by atoms with Crippen molar-refractivity contribution in [3.8, 4) is 5.75 Å². The first kappa shape index (κ1) is 15.2. The Balaban J connectivity index is 2.37. The monoisotopic (exact) mass is 286 g/mol. The first-order valence-electron chi connectivity index (χ1n) is 7.10. The predicted octanol–water partition coefficient (Wildman–Crippen LogP) is 3.69. The quantitative estimate of drug-likeness (QED) is 0.931. The van der Waals surface area contributed by atoms with Gasteiger partial charge in [-0.2, -0.15) is 0 Å². The lowest BCUT2D eigenvalue weighted by atomic mass is 10.2. The molecule has 0 fully saturated rings. The average molecular weight is 286 g/mol. The van der Waals surface area contributed by atoms with Crippen molar-refractivity contribution in [2.45, 2.75) is 34.2 Å². The summed E-state index contributed by atoms with van der Waals surface area (Å²) in [5.74, 6) is 0.560. The third kappa shape index (κ3) is 2.94. The van der Waals surface area contributed by atoms with E-state index >= 15 is 0 Å². The summed E-state index contributed by atoms with van der Waals surface area (Å²) in [6, 6.07) is 7.77. The maximum Gasteiger partial charge on any atom is 0.272 e. The molecule has 21 heavy (non-hydrogen) atoms. The Kier molecular flexibility index (Phi) is 4.36. The summed E-state index contributed by atoms with van der Waals surface area (Å²) in [4.78, 5) is 12.6. The number of benzene rings is 1. The van der Waals surface area contributed by atoms with Crippen LogP contribution < -0.4 is 10.1 Å². The van der Waals surface area contributed by atoms with Crippen LogP contribution in [0.4, 0.5) is 5.69 Å². The van der Waals surface area contributed by atoms with Crippen LogP contribution in [0.15, 0.2) is 24.3 Å². The largest absolute Gasteiger partial charge is 0.495 e. The fourth-order valence-electron chi connectivity index (χ4n) is 2.66. The lowest BCUT2D eigenvalue weighted by Gasteiger charge is -2.13. The molecule has 0 aliphatic carbocycles. The lowest BCUT2D eigenvalue weighted by molar-refractivity contribution is 0.101. The van der Waals surface area contributed by atoms with Crippen LogP contribution >= 0.6 is 0 Å². The van der Waals surface area contributed by atoms with Crippen LogP contribution in [0.1, 0.15) is 34.2 Å². The van der Waals surface area contributed by atoms with Crippen molar-refractivity contribution in [1.82, 2.24) is 4.57 Å². The maximum atomic E-state index is 12.6. The third-order valence-corrected chi connectivity index (χ3v) is 3.63. The molecule has 0 bridgehead atoms. The number of nitrogens with zero attached hydrogens (tertiary/aromatic N) is 1. The van der Waals surface area contributed by atoms with Gasteiger partial charge in [0.15, 0.2) is 0 Å². The zero-order valence-corrected chi connectivity index (χ0v) is 13.3. The molecule has 0 unspecified atom stereocenters. The molecule has 2 rings (SSSR count). The highest BCUT2D eigenvalue weighted by Crippen LogP contribution is 2.26. The predicted molar refractivity (Wildman–Crippen MR) is 85.3 cm³/mol. The van der Waals surface area contributed by atoms with Gasteiger partial charge in [0.25, 0.3) is 5.91 Å². The first-order valence-corrected chi connectivity index (χ1v) is 7.10. The van der Waals surface area contributed by atoms with E-state index in [2.05, 4.69) is 5.32 Å². The third-order valence-electron chi connectivity index (χ3n) is 3.63. The summed E-state index contributed by atoms with van der Waals surface area (Å²) in [5, 5.41) is 2.96. The van der Waals surface area contributed by atoms with Gasteiger partial charge < -0.3 is 14.6 Å². The normalized spacial score (nSPS) is 10.5. The van der Waals surface area contributed by atoms with E-state index in [1.807, 2.05) is 56.5 Å². The van der Waals surface area contributed by atoms with Gasteiger partial charge in [-0.15, -0.1) is 0 Å². The average Bonchev–Trinajstić information content (AvgIpc) is 2.73.